The number of hydrogen-bond acceptors (Lipinski definition) is 6. The van der Waals surface area contributed by atoms with Crippen LogP contribution in [0.1, 0.15) is 44.1 Å². The number of nitrogens with one attached hydrogen (secondary N) is 3. The van der Waals surface area contributed by atoms with Crippen molar-refractivity contribution in [2.75, 3.05) is 18.9 Å². The van der Waals surface area contributed by atoms with Crippen molar-refractivity contribution >= 4 is 33.8 Å². The van der Waals surface area contributed by atoms with Gasteiger partial charge in [0.15, 0.2) is 0 Å². The summed E-state index contributed by atoms with van der Waals surface area (Å²) in [5.74, 6) is 0.964. The van der Waals surface area contributed by atoms with Gasteiger partial charge in [0.1, 0.15) is 0 Å². The van der Waals surface area contributed by atoms with Crippen molar-refractivity contribution in [3.05, 3.63) is 29.8 Å². The van der Waals surface area contributed by atoms with Crippen molar-refractivity contribution in [1.82, 2.24) is 16.0 Å². The van der Waals surface area contributed by atoms with Gasteiger partial charge in [-0.05, 0) is 44.7 Å². The molecule has 3 rings (SSSR count). The zero-order valence-corrected chi connectivity index (χ0v) is 19.4. The lowest BCUT2D eigenvalue weighted by molar-refractivity contribution is -0.121. The van der Waals surface area contributed by atoms with Crippen molar-refractivity contribution in [3.8, 4) is 0 Å². The molecule has 0 radical (unpaired) electrons. The predicted molar refractivity (Wildman–Crippen MR) is 121 cm³/mol. The summed E-state index contributed by atoms with van der Waals surface area (Å²) < 4.78 is 29.2. The molecular weight excluding hydrogens is 438 g/mol. The van der Waals surface area contributed by atoms with E-state index in [0.717, 1.165) is 30.6 Å². The summed E-state index contributed by atoms with van der Waals surface area (Å²) in [6.45, 7) is 2.49. The smallest absolute Gasteiger partial charge is 0.315 e. The Hall–Kier alpha value is -1.78. The number of benzene rings is 1. The Labute approximate surface area is 188 Å². The standard InChI is InChI=1S/C21H31N3O5S2/c1-15-8-10-16(11-9-15)31(27,28)29-13-5-4-12-22-19(25)7-3-2-6-18-20-17(14-30-18)23-21(26)24-20/h8-11,17-18,20H,2-7,12-14H2,1H3,(H,22,25)(H2,23,24,26)/t17-,18-,20-/m0/s1. The lowest BCUT2D eigenvalue weighted by Gasteiger charge is -2.16. The van der Waals surface area contributed by atoms with Crippen LogP contribution >= 0.6 is 11.8 Å². The highest BCUT2D eigenvalue weighted by Crippen LogP contribution is 2.33. The number of thioether (sulfide) groups is 1. The molecule has 0 bridgehead atoms. The minimum absolute atomic E-state index is 0.0148. The molecule has 31 heavy (non-hydrogen) atoms. The maximum Gasteiger partial charge on any atom is 0.315 e. The number of hydrogen-bond donors (Lipinski definition) is 3. The molecule has 0 aliphatic carbocycles. The van der Waals surface area contributed by atoms with Crippen molar-refractivity contribution in [2.24, 2.45) is 0 Å². The highest BCUT2D eigenvalue weighted by molar-refractivity contribution is 8.00. The Balaban J connectivity index is 1.20. The Kier molecular flexibility index (Phi) is 8.62. The van der Waals surface area contributed by atoms with Gasteiger partial charge >= 0.3 is 6.03 Å². The van der Waals surface area contributed by atoms with E-state index in [0.29, 0.717) is 31.1 Å². The highest BCUT2D eigenvalue weighted by Gasteiger charge is 2.42. The average Bonchev–Trinajstić information content (AvgIpc) is 3.27. The molecule has 1 aromatic carbocycles. The van der Waals surface area contributed by atoms with Gasteiger partial charge in [-0.15, -0.1) is 0 Å². The van der Waals surface area contributed by atoms with Gasteiger partial charge in [0, 0.05) is 24.0 Å². The van der Waals surface area contributed by atoms with Crippen LogP contribution in [0.15, 0.2) is 29.2 Å². The van der Waals surface area contributed by atoms with Gasteiger partial charge < -0.3 is 16.0 Å². The number of carbonyl (C=O) groups excluding carboxylic acids is 2. The number of aryl methyl sites for hydroxylation is 1. The third kappa shape index (κ3) is 7.11. The van der Waals surface area contributed by atoms with Gasteiger partial charge in [-0.25, -0.2) is 4.79 Å². The van der Waals surface area contributed by atoms with Crippen LogP contribution in [0.3, 0.4) is 0 Å². The van der Waals surface area contributed by atoms with Gasteiger partial charge in [0.25, 0.3) is 10.1 Å². The average molecular weight is 470 g/mol. The van der Waals surface area contributed by atoms with Gasteiger partial charge in [-0.3, -0.25) is 8.98 Å². The molecule has 10 heteroatoms. The summed E-state index contributed by atoms with van der Waals surface area (Å²) in [6, 6.07) is 6.92. The molecule has 3 atom stereocenters. The quantitative estimate of drug-likeness (QED) is 0.246. The Morgan fingerprint density at radius 1 is 1.16 bits per heavy atom. The van der Waals surface area contributed by atoms with Crippen LogP contribution in [0, 0.1) is 6.92 Å². The van der Waals surface area contributed by atoms with Gasteiger partial charge in [-0.1, -0.05) is 24.1 Å². The fourth-order valence-electron chi connectivity index (χ4n) is 3.76. The molecule has 3 N–H and O–H groups in total. The number of unbranched alkanes of at least 4 members (excludes halogenated alkanes) is 2. The molecule has 0 saturated carbocycles. The molecular formula is C21H31N3O5S2. The second-order valence-electron chi connectivity index (χ2n) is 8.01. The number of fused-ring (bicyclic) bond motifs is 1. The number of carbonyl (C=O) groups is 2. The van der Waals surface area contributed by atoms with Crippen LogP contribution in [-0.2, 0) is 19.1 Å². The van der Waals surface area contributed by atoms with Crippen molar-refractivity contribution < 1.29 is 22.2 Å². The van der Waals surface area contributed by atoms with Crippen LogP contribution in [0.5, 0.6) is 0 Å². The first-order valence-corrected chi connectivity index (χ1v) is 13.2. The Morgan fingerprint density at radius 3 is 2.71 bits per heavy atom. The van der Waals surface area contributed by atoms with Gasteiger partial charge in [0.2, 0.25) is 5.91 Å². The molecule has 2 saturated heterocycles. The minimum atomic E-state index is -3.73. The minimum Gasteiger partial charge on any atom is -0.356 e. The number of urea groups is 1. The number of rotatable bonds is 12. The fraction of sp³-hybridized carbons (Fsp3) is 0.619. The largest absolute Gasteiger partial charge is 0.356 e. The van der Waals surface area contributed by atoms with E-state index >= 15 is 0 Å². The first-order chi connectivity index (χ1) is 14.8. The van der Waals surface area contributed by atoms with Crippen molar-refractivity contribution in [3.63, 3.8) is 0 Å². The molecule has 2 fully saturated rings. The van der Waals surface area contributed by atoms with Crippen LogP contribution < -0.4 is 16.0 Å². The molecule has 0 spiro atoms. The first-order valence-electron chi connectivity index (χ1n) is 10.8. The lowest BCUT2D eigenvalue weighted by atomic mass is 10.0. The molecule has 2 heterocycles. The van der Waals surface area contributed by atoms with Crippen LogP contribution in [0.25, 0.3) is 0 Å². The van der Waals surface area contributed by atoms with E-state index in [2.05, 4.69) is 16.0 Å². The Bertz CT molecular complexity index is 860. The molecule has 172 valence electrons. The van der Waals surface area contributed by atoms with E-state index in [1.54, 1.807) is 12.1 Å². The second kappa shape index (κ2) is 11.2. The topological polar surface area (TPSA) is 114 Å². The normalized spacial score (nSPS) is 22.6. The summed E-state index contributed by atoms with van der Waals surface area (Å²) in [6.07, 6.45) is 4.45. The van der Waals surface area contributed by atoms with Gasteiger partial charge in [-0.2, -0.15) is 20.2 Å². The maximum atomic E-state index is 12.1. The first kappa shape index (κ1) is 23.9. The SMILES string of the molecule is Cc1ccc(S(=O)(=O)OCCCCNC(=O)CCCC[C@@H]2SC[C@@H]3NC(=O)N[C@@H]32)cc1. The Morgan fingerprint density at radius 2 is 1.94 bits per heavy atom. The maximum absolute atomic E-state index is 12.1. The summed E-state index contributed by atoms with van der Waals surface area (Å²) >= 11 is 1.89. The molecule has 1 aromatic rings. The van der Waals surface area contributed by atoms with Crippen LogP contribution in [0.2, 0.25) is 0 Å². The summed E-state index contributed by atoms with van der Waals surface area (Å²) in [4.78, 5) is 23.5. The predicted octanol–water partition coefficient (Wildman–Crippen LogP) is 2.32. The van der Waals surface area contributed by atoms with Crippen LogP contribution in [-0.4, -0.2) is 56.6 Å². The van der Waals surface area contributed by atoms with Crippen LogP contribution in [0.4, 0.5) is 4.79 Å². The summed E-state index contributed by atoms with van der Waals surface area (Å²) in [7, 11) is -3.73. The molecule has 8 nitrogen and oxygen atoms in total. The van der Waals surface area contributed by atoms with E-state index in [4.69, 9.17) is 4.18 Å². The molecule has 2 aliphatic rings. The highest BCUT2D eigenvalue weighted by atomic mass is 32.2. The zero-order chi connectivity index (χ0) is 22.3. The van der Waals surface area contributed by atoms with E-state index < -0.39 is 10.1 Å². The second-order valence-corrected chi connectivity index (χ2v) is 10.9. The van der Waals surface area contributed by atoms with E-state index in [9.17, 15) is 18.0 Å². The summed E-state index contributed by atoms with van der Waals surface area (Å²) in [5, 5.41) is 9.21. The lowest BCUT2D eigenvalue weighted by Crippen LogP contribution is -2.36. The molecule has 3 amide bonds. The third-order valence-corrected chi connectivity index (χ3v) is 8.36. The van der Waals surface area contributed by atoms with E-state index in [1.165, 1.54) is 12.1 Å². The van der Waals surface area contributed by atoms with Gasteiger partial charge in [0.05, 0.1) is 23.6 Å². The van der Waals surface area contributed by atoms with Crippen molar-refractivity contribution in [2.45, 2.75) is 67.7 Å². The van der Waals surface area contributed by atoms with Crippen molar-refractivity contribution in [1.29, 1.82) is 0 Å². The third-order valence-electron chi connectivity index (χ3n) is 5.52. The number of amides is 3. The fourth-order valence-corrected chi connectivity index (χ4v) is 6.25. The van der Waals surface area contributed by atoms with E-state index in [-0.39, 0.29) is 35.5 Å². The zero-order valence-electron chi connectivity index (χ0n) is 17.8. The van der Waals surface area contributed by atoms with E-state index in [1.807, 2.05) is 18.7 Å². The summed E-state index contributed by atoms with van der Waals surface area (Å²) in [5.41, 5.74) is 0.986. The molecule has 2 aliphatic heterocycles. The molecule has 0 unspecified atom stereocenters. The molecule has 0 aromatic heterocycles. The monoisotopic (exact) mass is 469 g/mol.